The van der Waals surface area contributed by atoms with E-state index < -0.39 is 0 Å². The highest BCUT2D eigenvalue weighted by atomic mass is 15.2. The maximum absolute atomic E-state index is 6.04. The number of hydrogen-bond donors (Lipinski definition) is 2. The Morgan fingerprint density at radius 3 is 2.45 bits per heavy atom. The zero-order valence-electron chi connectivity index (χ0n) is 12.4. The second-order valence-corrected chi connectivity index (χ2v) is 6.48. The first-order valence-corrected chi connectivity index (χ1v) is 8.04. The molecule has 0 bridgehead atoms. The van der Waals surface area contributed by atoms with Crippen LogP contribution < -0.4 is 11.1 Å². The summed E-state index contributed by atoms with van der Waals surface area (Å²) in [6, 6.07) is 11.6. The van der Waals surface area contributed by atoms with Crippen LogP contribution in [0.1, 0.15) is 31.2 Å². The van der Waals surface area contributed by atoms with Crippen LogP contribution in [-0.4, -0.2) is 42.7 Å². The maximum atomic E-state index is 6.04. The van der Waals surface area contributed by atoms with Gasteiger partial charge in [0.2, 0.25) is 0 Å². The van der Waals surface area contributed by atoms with Gasteiger partial charge in [0.15, 0.2) is 0 Å². The van der Waals surface area contributed by atoms with Gasteiger partial charge in [0.1, 0.15) is 0 Å². The largest absolute Gasteiger partial charge is 0.329 e. The number of hydrogen-bond acceptors (Lipinski definition) is 3. The van der Waals surface area contributed by atoms with E-state index in [0.717, 1.165) is 19.0 Å². The van der Waals surface area contributed by atoms with Crippen molar-refractivity contribution < 1.29 is 0 Å². The van der Waals surface area contributed by atoms with Gasteiger partial charge in [-0.2, -0.15) is 0 Å². The second kappa shape index (κ2) is 6.25. The van der Waals surface area contributed by atoms with Crippen molar-refractivity contribution >= 4 is 0 Å². The minimum Gasteiger partial charge on any atom is -0.329 e. The first-order chi connectivity index (χ1) is 9.80. The van der Waals surface area contributed by atoms with Gasteiger partial charge < -0.3 is 16.0 Å². The van der Waals surface area contributed by atoms with Crippen molar-refractivity contribution in [2.75, 3.05) is 26.2 Å². The first-order valence-electron chi connectivity index (χ1n) is 8.04. The van der Waals surface area contributed by atoms with Crippen molar-refractivity contribution in [2.24, 2.45) is 5.73 Å². The van der Waals surface area contributed by atoms with Crippen molar-refractivity contribution in [3.05, 3.63) is 35.9 Å². The molecule has 0 atom stereocenters. The highest BCUT2D eigenvalue weighted by Crippen LogP contribution is 2.28. The normalized spacial score (nSPS) is 22.9. The Balaban J connectivity index is 1.45. The fourth-order valence-electron chi connectivity index (χ4n) is 3.20. The number of likely N-dealkylation sites (tertiary alicyclic amines) is 1. The first kappa shape index (κ1) is 14.1. The summed E-state index contributed by atoms with van der Waals surface area (Å²) in [5.41, 5.74) is 7.71. The van der Waals surface area contributed by atoms with Crippen LogP contribution in [0.2, 0.25) is 0 Å². The van der Waals surface area contributed by atoms with Gasteiger partial charge in [-0.3, -0.25) is 0 Å². The predicted octanol–water partition coefficient (Wildman–Crippen LogP) is 1.77. The molecule has 1 saturated heterocycles. The number of benzene rings is 1. The summed E-state index contributed by atoms with van der Waals surface area (Å²) >= 11 is 0. The molecule has 1 aromatic carbocycles. The number of rotatable bonds is 6. The fourth-order valence-corrected chi connectivity index (χ4v) is 3.20. The Bertz CT molecular complexity index is 406. The summed E-state index contributed by atoms with van der Waals surface area (Å²) in [5, 5.41) is 3.80. The molecule has 1 heterocycles. The molecule has 1 aromatic rings. The average molecular weight is 273 g/mol. The monoisotopic (exact) mass is 273 g/mol. The molecule has 1 aliphatic heterocycles. The lowest BCUT2D eigenvalue weighted by Crippen LogP contribution is -2.58. The summed E-state index contributed by atoms with van der Waals surface area (Å²) in [4.78, 5) is 2.59. The van der Waals surface area contributed by atoms with Crippen molar-refractivity contribution in [3.8, 4) is 0 Å². The Hall–Kier alpha value is -0.900. The van der Waals surface area contributed by atoms with E-state index in [1.54, 1.807) is 0 Å². The Morgan fingerprint density at radius 1 is 1.15 bits per heavy atom. The molecule has 0 radical (unpaired) electrons. The van der Waals surface area contributed by atoms with Crippen LogP contribution in [0, 0.1) is 0 Å². The highest BCUT2D eigenvalue weighted by molar-refractivity contribution is 5.15. The van der Waals surface area contributed by atoms with Crippen LogP contribution in [-0.2, 0) is 6.42 Å². The molecule has 1 aliphatic carbocycles. The minimum absolute atomic E-state index is 0.227. The molecule has 3 nitrogen and oxygen atoms in total. The molecule has 2 fully saturated rings. The quantitative estimate of drug-likeness (QED) is 0.830. The summed E-state index contributed by atoms with van der Waals surface area (Å²) in [5.74, 6) is 0. The van der Waals surface area contributed by atoms with E-state index in [1.165, 1.54) is 50.9 Å². The van der Waals surface area contributed by atoms with E-state index in [-0.39, 0.29) is 5.54 Å². The second-order valence-electron chi connectivity index (χ2n) is 6.48. The molecule has 0 amide bonds. The Labute approximate surface area is 122 Å². The van der Waals surface area contributed by atoms with E-state index in [9.17, 15) is 0 Å². The molecule has 3 rings (SSSR count). The molecule has 0 unspecified atom stereocenters. The third-order valence-corrected chi connectivity index (χ3v) is 4.85. The van der Waals surface area contributed by atoms with E-state index in [4.69, 9.17) is 5.73 Å². The third-order valence-electron chi connectivity index (χ3n) is 4.85. The van der Waals surface area contributed by atoms with Gasteiger partial charge in [0.25, 0.3) is 0 Å². The molecule has 3 heteroatoms. The summed E-state index contributed by atoms with van der Waals surface area (Å²) in [6.07, 6.45) is 6.26. The fraction of sp³-hybridized carbons (Fsp3) is 0.647. The zero-order chi connectivity index (χ0) is 13.8. The lowest BCUT2D eigenvalue weighted by molar-refractivity contribution is 0.139. The van der Waals surface area contributed by atoms with Crippen LogP contribution in [0.4, 0.5) is 0 Å². The van der Waals surface area contributed by atoms with Gasteiger partial charge in [0, 0.05) is 24.7 Å². The van der Waals surface area contributed by atoms with E-state index in [2.05, 4.69) is 40.5 Å². The molecule has 0 spiro atoms. The molecule has 20 heavy (non-hydrogen) atoms. The summed E-state index contributed by atoms with van der Waals surface area (Å²) < 4.78 is 0. The van der Waals surface area contributed by atoms with Crippen molar-refractivity contribution in [1.29, 1.82) is 0 Å². The molecule has 1 saturated carbocycles. The Kier molecular flexibility index (Phi) is 4.39. The number of piperidine rings is 1. The number of nitrogens with two attached hydrogens (primary N) is 1. The van der Waals surface area contributed by atoms with Crippen LogP contribution in [0.5, 0.6) is 0 Å². The van der Waals surface area contributed by atoms with Gasteiger partial charge in [-0.15, -0.1) is 0 Å². The third kappa shape index (κ3) is 3.60. The average Bonchev–Trinajstić information content (AvgIpc) is 3.31. The van der Waals surface area contributed by atoms with E-state index >= 15 is 0 Å². The van der Waals surface area contributed by atoms with E-state index in [0.29, 0.717) is 0 Å². The summed E-state index contributed by atoms with van der Waals surface area (Å²) in [6.45, 7) is 4.33. The molecular weight excluding hydrogens is 246 g/mol. The number of nitrogens with zero attached hydrogens (tertiary/aromatic N) is 1. The van der Waals surface area contributed by atoms with Crippen LogP contribution >= 0.6 is 0 Å². The van der Waals surface area contributed by atoms with Crippen LogP contribution in [0.15, 0.2) is 30.3 Å². The van der Waals surface area contributed by atoms with Gasteiger partial charge in [-0.1, -0.05) is 30.3 Å². The van der Waals surface area contributed by atoms with Gasteiger partial charge >= 0.3 is 0 Å². The lowest BCUT2D eigenvalue weighted by atomic mass is 9.87. The van der Waals surface area contributed by atoms with Crippen molar-refractivity contribution in [2.45, 2.75) is 43.7 Å². The lowest BCUT2D eigenvalue weighted by Gasteiger charge is -2.42. The predicted molar refractivity (Wildman–Crippen MR) is 83.8 cm³/mol. The van der Waals surface area contributed by atoms with Crippen LogP contribution in [0.3, 0.4) is 0 Å². The topological polar surface area (TPSA) is 41.3 Å². The smallest absolute Gasteiger partial charge is 0.0330 e. The molecular formula is C17H27N3. The SMILES string of the molecule is NCC1(NC2CC2)CCN(CCc2ccccc2)CC1. The van der Waals surface area contributed by atoms with Gasteiger partial charge in [-0.05, 0) is 50.8 Å². The highest BCUT2D eigenvalue weighted by Gasteiger charge is 2.37. The Morgan fingerprint density at radius 2 is 1.85 bits per heavy atom. The zero-order valence-corrected chi connectivity index (χ0v) is 12.4. The molecule has 3 N–H and O–H groups in total. The molecule has 110 valence electrons. The van der Waals surface area contributed by atoms with Gasteiger partial charge in [-0.25, -0.2) is 0 Å². The van der Waals surface area contributed by atoms with Crippen molar-refractivity contribution in [1.82, 2.24) is 10.2 Å². The number of nitrogens with one attached hydrogen (secondary N) is 1. The van der Waals surface area contributed by atoms with E-state index in [1.807, 2.05) is 0 Å². The molecule has 2 aliphatic rings. The standard InChI is InChI=1S/C17H27N3/c18-14-17(19-16-6-7-16)9-12-20(13-10-17)11-8-15-4-2-1-3-5-15/h1-5,16,19H,6-14,18H2. The minimum atomic E-state index is 0.227. The molecule has 0 aromatic heterocycles. The van der Waals surface area contributed by atoms with Gasteiger partial charge in [0.05, 0.1) is 0 Å². The van der Waals surface area contributed by atoms with Crippen LogP contribution in [0.25, 0.3) is 0 Å². The maximum Gasteiger partial charge on any atom is 0.0330 e. The van der Waals surface area contributed by atoms with Crippen molar-refractivity contribution in [3.63, 3.8) is 0 Å². The summed E-state index contributed by atoms with van der Waals surface area (Å²) in [7, 11) is 0.